The van der Waals surface area contributed by atoms with Gasteiger partial charge in [0.1, 0.15) is 17.2 Å². The minimum absolute atomic E-state index is 0.207. The number of hydrogen-bond donors (Lipinski definition) is 0. The molecule has 7 nitrogen and oxygen atoms in total. The molecule has 0 saturated heterocycles. The molecule has 1 unspecified atom stereocenters. The van der Waals surface area contributed by atoms with E-state index in [-0.39, 0.29) is 11.8 Å². The molecular formula is C18H33NO6. The lowest BCUT2D eigenvalue weighted by Crippen LogP contribution is -2.53. The summed E-state index contributed by atoms with van der Waals surface area (Å²) in [4.78, 5) is 38.3. The second-order valence-electron chi connectivity index (χ2n) is 9.13. The van der Waals surface area contributed by atoms with E-state index in [2.05, 4.69) is 0 Å². The van der Waals surface area contributed by atoms with Crippen molar-refractivity contribution in [3.8, 4) is 0 Å². The molecule has 7 heteroatoms. The van der Waals surface area contributed by atoms with Gasteiger partial charge in [-0.3, -0.25) is 0 Å². The molecule has 25 heavy (non-hydrogen) atoms. The molecular weight excluding hydrogens is 326 g/mol. The summed E-state index contributed by atoms with van der Waals surface area (Å²) in [5.74, 6) is -0.702. The fourth-order valence-electron chi connectivity index (χ4n) is 1.95. The van der Waals surface area contributed by atoms with E-state index in [1.807, 2.05) is 20.8 Å². The van der Waals surface area contributed by atoms with Crippen LogP contribution in [0.1, 0.15) is 68.7 Å². The van der Waals surface area contributed by atoms with Crippen molar-refractivity contribution in [2.24, 2.45) is 5.41 Å². The smallest absolute Gasteiger partial charge is 0.420 e. The molecule has 0 radical (unpaired) electrons. The Morgan fingerprint density at radius 2 is 1.16 bits per heavy atom. The molecule has 0 heterocycles. The second kappa shape index (κ2) is 8.06. The number of carbonyl (C=O) groups is 3. The molecule has 0 aromatic carbocycles. The van der Waals surface area contributed by atoms with E-state index in [9.17, 15) is 14.4 Å². The summed E-state index contributed by atoms with van der Waals surface area (Å²) >= 11 is 0. The molecule has 146 valence electrons. The summed E-state index contributed by atoms with van der Waals surface area (Å²) in [6, 6.07) is -1.14. The lowest BCUT2D eigenvalue weighted by Gasteiger charge is -2.34. The van der Waals surface area contributed by atoms with Crippen molar-refractivity contribution in [1.29, 1.82) is 0 Å². The normalized spacial score (nSPS) is 13.7. The van der Waals surface area contributed by atoms with E-state index >= 15 is 0 Å². The standard InChI is InChI=1S/C18H33NO6/c1-16(2,3)11-12(13(20)23-10)19(14(21)24-17(4,5)6)15(22)25-18(7,8)9/h12H,11H2,1-10H3. The van der Waals surface area contributed by atoms with E-state index in [4.69, 9.17) is 14.2 Å². The molecule has 0 aromatic rings. The van der Waals surface area contributed by atoms with Crippen molar-refractivity contribution in [1.82, 2.24) is 4.90 Å². The van der Waals surface area contributed by atoms with Crippen LogP contribution in [0.5, 0.6) is 0 Å². The third-order valence-corrected chi connectivity index (χ3v) is 2.77. The van der Waals surface area contributed by atoms with Gasteiger partial charge in [-0.05, 0) is 53.4 Å². The van der Waals surface area contributed by atoms with Crippen molar-refractivity contribution in [2.45, 2.75) is 86.0 Å². The Bertz CT molecular complexity index is 465. The predicted molar refractivity (Wildman–Crippen MR) is 94.2 cm³/mol. The number of hydrogen-bond acceptors (Lipinski definition) is 6. The van der Waals surface area contributed by atoms with Gasteiger partial charge in [-0.15, -0.1) is 0 Å². The average Bonchev–Trinajstić information content (AvgIpc) is 2.30. The number of ether oxygens (including phenoxy) is 3. The SMILES string of the molecule is COC(=O)C(CC(C)(C)C)N(C(=O)OC(C)(C)C)C(=O)OC(C)(C)C. The van der Waals surface area contributed by atoms with Gasteiger partial charge in [-0.1, -0.05) is 20.8 Å². The molecule has 1 atom stereocenters. The van der Waals surface area contributed by atoms with Crippen LogP contribution in [0.3, 0.4) is 0 Å². The van der Waals surface area contributed by atoms with Crippen LogP contribution < -0.4 is 0 Å². The molecule has 0 aliphatic heterocycles. The molecule has 0 spiro atoms. The Morgan fingerprint density at radius 3 is 1.40 bits per heavy atom. The van der Waals surface area contributed by atoms with Crippen molar-refractivity contribution in [3.63, 3.8) is 0 Å². The van der Waals surface area contributed by atoms with Gasteiger partial charge >= 0.3 is 18.2 Å². The Kier molecular flexibility index (Phi) is 7.48. The zero-order chi connectivity index (χ0) is 20.2. The number of esters is 1. The summed E-state index contributed by atoms with van der Waals surface area (Å²) in [5, 5.41) is 0. The zero-order valence-electron chi connectivity index (χ0n) is 17.2. The summed E-state index contributed by atoms with van der Waals surface area (Å²) < 4.78 is 15.4. The molecule has 0 N–H and O–H groups in total. The largest absolute Gasteiger partial charge is 0.467 e. The minimum atomic E-state index is -1.14. The van der Waals surface area contributed by atoms with Gasteiger partial charge in [-0.25, -0.2) is 14.4 Å². The highest BCUT2D eigenvalue weighted by atomic mass is 16.6. The number of carbonyl (C=O) groups excluding carboxylic acids is 3. The monoisotopic (exact) mass is 359 g/mol. The van der Waals surface area contributed by atoms with Crippen LogP contribution in [-0.4, -0.2) is 47.4 Å². The van der Waals surface area contributed by atoms with Gasteiger partial charge in [0.15, 0.2) is 0 Å². The van der Waals surface area contributed by atoms with Crippen LogP contribution in [0.4, 0.5) is 9.59 Å². The number of imide groups is 1. The maximum absolute atomic E-state index is 12.6. The van der Waals surface area contributed by atoms with Gasteiger partial charge in [-0.2, -0.15) is 4.90 Å². The van der Waals surface area contributed by atoms with Gasteiger partial charge in [0.2, 0.25) is 0 Å². The first kappa shape index (κ1) is 23.2. The molecule has 0 aromatic heterocycles. The first-order valence-electron chi connectivity index (χ1n) is 8.30. The molecule has 0 rings (SSSR count). The second-order valence-corrected chi connectivity index (χ2v) is 9.13. The van der Waals surface area contributed by atoms with Crippen molar-refractivity contribution >= 4 is 18.2 Å². The van der Waals surface area contributed by atoms with E-state index in [1.54, 1.807) is 41.5 Å². The van der Waals surface area contributed by atoms with E-state index in [0.29, 0.717) is 4.90 Å². The molecule has 2 amide bonds. The summed E-state index contributed by atoms with van der Waals surface area (Å²) in [6.45, 7) is 15.7. The van der Waals surface area contributed by atoms with E-state index in [1.165, 1.54) is 7.11 Å². The Labute approximate surface area is 151 Å². The van der Waals surface area contributed by atoms with Crippen LogP contribution in [0.25, 0.3) is 0 Å². The average molecular weight is 359 g/mol. The van der Waals surface area contributed by atoms with Gasteiger partial charge in [0.05, 0.1) is 7.11 Å². The van der Waals surface area contributed by atoms with Crippen LogP contribution in [0.2, 0.25) is 0 Å². The number of rotatable bonds is 3. The predicted octanol–water partition coefficient (Wildman–Crippen LogP) is 4.14. The highest BCUT2D eigenvalue weighted by Gasteiger charge is 2.42. The maximum Gasteiger partial charge on any atom is 0.420 e. The fraction of sp³-hybridized carbons (Fsp3) is 0.833. The summed E-state index contributed by atoms with van der Waals surface area (Å²) in [6.07, 6.45) is -1.68. The quantitative estimate of drug-likeness (QED) is 0.556. The lowest BCUT2D eigenvalue weighted by atomic mass is 9.87. The molecule has 0 fully saturated rings. The molecule has 0 aliphatic carbocycles. The Balaban J connectivity index is 5.89. The fourth-order valence-corrected chi connectivity index (χ4v) is 1.95. The van der Waals surface area contributed by atoms with Gasteiger partial charge < -0.3 is 14.2 Å². The topological polar surface area (TPSA) is 82.1 Å². The van der Waals surface area contributed by atoms with E-state index < -0.39 is 35.4 Å². The van der Waals surface area contributed by atoms with Crippen LogP contribution >= 0.6 is 0 Å². The first-order valence-corrected chi connectivity index (χ1v) is 8.30. The molecule has 0 saturated carbocycles. The number of amides is 2. The van der Waals surface area contributed by atoms with Crippen LogP contribution in [-0.2, 0) is 19.0 Å². The van der Waals surface area contributed by atoms with Crippen molar-refractivity contribution < 1.29 is 28.6 Å². The highest BCUT2D eigenvalue weighted by Crippen LogP contribution is 2.27. The third-order valence-electron chi connectivity index (χ3n) is 2.77. The van der Waals surface area contributed by atoms with Crippen LogP contribution in [0, 0.1) is 5.41 Å². The number of nitrogens with zero attached hydrogens (tertiary/aromatic N) is 1. The van der Waals surface area contributed by atoms with Gasteiger partial charge in [0, 0.05) is 0 Å². The maximum atomic E-state index is 12.6. The molecule has 0 bridgehead atoms. The van der Waals surface area contributed by atoms with E-state index in [0.717, 1.165) is 0 Å². The highest BCUT2D eigenvalue weighted by molar-refractivity contribution is 5.94. The number of methoxy groups -OCH3 is 1. The Morgan fingerprint density at radius 1 is 0.800 bits per heavy atom. The first-order chi connectivity index (χ1) is 11.0. The van der Waals surface area contributed by atoms with Crippen molar-refractivity contribution in [3.05, 3.63) is 0 Å². The Hall–Kier alpha value is -1.79. The summed E-state index contributed by atoms with van der Waals surface area (Å²) in [5.41, 5.74) is -2.01. The van der Waals surface area contributed by atoms with Crippen LogP contribution in [0.15, 0.2) is 0 Å². The summed E-state index contributed by atoms with van der Waals surface area (Å²) in [7, 11) is 1.21. The third kappa shape index (κ3) is 9.31. The zero-order valence-corrected chi connectivity index (χ0v) is 17.2. The van der Waals surface area contributed by atoms with Gasteiger partial charge in [0.25, 0.3) is 0 Å². The lowest BCUT2D eigenvalue weighted by molar-refractivity contribution is -0.147. The van der Waals surface area contributed by atoms with Crippen molar-refractivity contribution in [2.75, 3.05) is 7.11 Å². The molecule has 0 aliphatic rings. The minimum Gasteiger partial charge on any atom is -0.467 e.